The largest absolute Gasteiger partial charge is 0.369 e. The third-order valence-electron chi connectivity index (χ3n) is 4.86. The number of para-hydroxylation sites is 1. The average Bonchev–Trinajstić information content (AvgIpc) is 3.18. The molecule has 1 aliphatic heterocycles. The van der Waals surface area contributed by atoms with Crippen molar-refractivity contribution in [2.75, 3.05) is 23.3 Å². The molecule has 4 rings (SSSR count). The minimum atomic E-state index is -0.211. The van der Waals surface area contributed by atoms with Gasteiger partial charge in [-0.2, -0.15) is 0 Å². The lowest BCUT2D eigenvalue weighted by atomic mass is 9.95. The zero-order valence-corrected chi connectivity index (χ0v) is 15.6. The van der Waals surface area contributed by atoms with Crippen LogP contribution in [0.4, 0.5) is 15.2 Å². The van der Waals surface area contributed by atoms with Crippen molar-refractivity contribution in [1.29, 1.82) is 0 Å². The van der Waals surface area contributed by atoms with Crippen molar-refractivity contribution in [2.24, 2.45) is 5.92 Å². The fraction of sp³-hybridized carbons (Fsp3) is 0.238. The smallest absolute Gasteiger partial charge is 0.229 e. The van der Waals surface area contributed by atoms with Crippen LogP contribution in [0.5, 0.6) is 0 Å². The number of carbonyl (C=O) groups excluding carboxylic acids is 1. The SMILES string of the molecule is O=C(Nc1nc(-c2ccccc2)cs1)C1CCN(c2ccccc2F)CC1. The summed E-state index contributed by atoms with van der Waals surface area (Å²) >= 11 is 1.43. The highest BCUT2D eigenvalue weighted by molar-refractivity contribution is 7.14. The van der Waals surface area contributed by atoms with E-state index in [-0.39, 0.29) is 17.6 Å². The van der Waals surface area contributed by atoms with E-state index >= 15 is 0 Å². The quantitative estimate of drug-likeness (QED) is 0.706. The molecule has 4 nitrogen and oxygen atoms in total. The van der Waals surface area contributed by atoms with Crippen molar-refractivity contribution in [2.45, 2.75) is 12.8 Å². The number of aromatic nitrogens is 1. The molecule has 1 amide bonds. The summed E-state index contributed by atoms with van der Waals surface area (Å²) < 4.78 is 13.9. The number of benzene rings is 2. The van der Waals surface area contributed by atoms with E-state index in [1.54, 1.807) is 12.1 Å². The molecule has 0 spiro atoms. The second-order valence-corrected chi connectivity index (χ2v) is 7.46. The summed E-state index contributed by atoms with van der Waals surface area (Å²) in [7, 11) is 0. The lowest BCUT2D eigenvalue weighted by Gasteiger charge is -2.33. The first-order chi connectivity index (χ1) is 13.2. The molecule has 3 aromatic rings. The Morgan fingerprint density at radius 2 is 1.78 bits per heavy atom. The Kier molecular flexibility index (Phi) is 5.16. The van der Waals surface area contributed by atoms with E-state index in [1.807, 2.05) is 46.7 Å². The monoisotopic (exact) mass is 381 g/mol. The number of anilines is 2. The minimum absolute atomic E-state index is 0.00264. The van der Waals surface area contributed by atoms with Gasteiger partial charge in [-0.05, 0) is 25.0 Å². The molecule has 0 radical (unpaired) electrons. The predicted octanol–water partition coefficient (Wildman–Crippen LogP) is 4.80. The van der Waals surface area contributed by atoms with Crippen LogP contribution in [0.3, 0.4) is 0 Å². The molecule has 0 atom stereocenters. The number of carbonyl (C=O) groups is 1. The van der Waals surface area contributed by atoms with Gasteiger partial charge >= 0.3 is 0 Å². The first-order valence-corrected chi connectivity index (χ1v) is 9.90. The van der Waals surface area contributed by atoms with Crippen molar-refractivity contribution in [3.8, 4) is 11.3 Å². The highest BCUT2D eigenvalue weighted by Gasteiger charge is 2.26. The maximum absolute atomic E-state index is 13.9. The molecule has 1 N–H and O–H groups in total. The van der Waals surface area contributed by atoms with Gasteiger partial charge in [-0.3, -0.25) is 4.79 Å². The molecule has 1 fully saturated rings. The van der Waals surface area contributed by atoms with Crippen LogP contribution in [-0.4, -0.2) is 24.0 Å². The zero-order valence-electron chi connectivity index (χ0n) is 14.8. The second-order valence-electron chi connectivity index (χ2n) is 6.61. The van der Waals surface area contributed by atoms with Gasteiger partial charge in [0.05, 0.1) is 11.4 Å². The van der Waals surface area contributed by atoms with Gasteiger partial charge in [-0.1, -0.05) is 42.5 Å². The summed E-state index contributed by atoms with van der Waals surface area (Å²) in [5.74, 6) is -0.286. The van der Waals surface area contributed by atoms with E-state index in [1.165, 1.54) is 17.4 Å². The Morgan fingerprint density at radius 1 is 1.07 bits per heavy atom. The summed E-state index contributed by atoms with van der Waals surface area (Å²) in [5, 5.41) is 5.51. The molecule has 1 aromatic heterocycles. The van der Waals surface area contributed by atoms with Crippen molar-refractivity contribution >= 4 is 28.1 Å². The van der Waals surface area contributed by atoms with E-state index in [4.69, 9.17) is 0 Å². The molecule has 138 valence electrons. The number of hydrogen-bond acceptors (Lipinski definition) is 4. The normalized spacial score (nSPS) is 14.9. The minimum Gasteiger partial charge on any atom is -0.369 e. The lowest BCUT2D eigenvalue weighted by Crippen LogP contribution is -2.38. The molecule has 2 heterocycles. The Hall–Kier alpha value is -2.73. The van der Waals surface area contributed by atoms with Gasteiger partial charge < -0.3 is 10.2 Å². The van der Waals surface area contributed by atoms with Crippen LogP contribution in [0.15, 0.2) is 60.0 Å². The summed E-state index contributed by atoms with van der Waals surface area (Å²) in [5.41, 5.74) is 2.52. The summed E-state index contributed by atoms with van der Waals surface area (Å²) in [4.78, 5) is 19.1. The first-order valence-electron chi connectivity index (χ1n) is 9.02. The zero-order chi connectivity index (χ0) is 18.6. The Bertz CT molecular complexity index is 920. The number of halogens is 1. The molecule has 0 aliphatic carbocycles. The van der Waals surface area contributed by atoms with Crippen molar-refractivity contribution < 1.29 is 9.18 Å². The van der Waals surface area contributed by atoms with Gasteiger partial charge in [0.2, 0.25) is 5.91 Å². The number of hydrogen-bond donors (Lipinski definition) is 1. The fourth-order valence-electron chi connectivity index (χ4n) is 3.37. The molecular weight excluding hydrogens is 361 g/mol. The summed E-state index contributed by atoms with van der Waals surface area (Å²) in [6.07, 6.45) is 1.41. The van der Waals surface area contributed by atoms with Gasteiger partial charge in [0.15, 0.2) is 5.13 Å². The van der Waals surface area contributed by atoms with Crippen LogP contribution in [0, 0.1) is 11.7 Å². The molecule has 1 aliphatic rings. The van der Waals surface area contributed by atoms with E-state index in [0.29, 0.717) is 36.8 Å². The van der Waals surface area contributed by atoms with Gasteiger partial charge in [-0.25, -0.2) is 9.37 Å². The molecule has 27 heavy (non-hydrogen) atoms. The van der Waals surface area contributed by atoms with Crippen LogP contribution >= 0.6 is 11.3 Å². The van der Waals surface area contributed by atoms with Gasteiger partial charge in [0, 0.05) is 30.0 Å². The summed E-state index contributed by atoms with van der Waals surface area (Å²) in [6, 6.07) is 16.7. The number of amides is 1. The molecule has 6 heteroatoms. The van der Waals surface area contributed by atoms with Crippen LogP contribution in [0.2, 0.25) is 0 Å². The maximum Gasteiger partial charge on any atom is 0.229 e. The number of piperidine rings is 1. The maximum atomic E-state index is 13.9. The van der Waals surface area contributed by atoms with Crippen molar-refractivity contribution in [3.05, 3.63) is 65.8 Å². The molecule has 0 bridgehead atoms. The van der Waals surface area contributed by atoms with Gasteiger partial charge in [-0.15, -0.1) is 11.3 Å². The van der Waals surface area contributed by atoms with Crippen molar-refractivity contribution in [1.82, 2.24) is 4.98 Å². The van der Waals surface area contributed by atoms with Gasteiger partial charge in [0.25, 0.3) is 0 Å². The average molecular weight is 381 g/mol. The second kappa shape index (κ2) is 7.88. The molecular formula is C21H20FN3OS. The molecule has 2 aromatic carbocycles. The molecule has 1 saturated heterocycles. The Balaban J connectivity index is 1.35. The summed E-state index contributed by atoms with van der Waals surface area (Å²) in [6.45, 7) is 1.35. The van der Waals surface area contributed by atoms with Crippen LogP contribution in [0.25, 0.3) is 11.3 Å². The highest BCUT2D eigenvalue weighted by atomic mass is 32.1. The number of nitrogens with one attached hydrogen (secondary N) is 1. The highest BCUT2D eigenvalue weighted by Crippen LogP contribution is 2.28. The Labute approximate surface area is 161 Å². The Morgan fingerprint density at radius 3 is 2.52 bits per heavy atom. The molecule has 0 saturated carbocycles. The number of thiazole rings is 1. The number of rotatable bonds is 4. The van der Waals surface area contributed by atoms with E-state index in [0.717, 1.165) is 11.3 Å². The fourth-order valence-corrected chi connectivity index (χ4v) is 4.09. The third kappa shape index (κ3) is 4.01. The lowest BCUT2D eigenvalue weighted by molar-refractivity contribution is -0.120. The topological polar surface area (TPSA) is 45.2 Å². The standard InChI is InChI=1S/C21H20FN3OS/c22-17-8-4-5-9-19(17)25-12-10-16(11-13-25)20(26)24-21-23-18(14-27-21)15-6-2-1-3-7-15/h1-9,14,16H,10-13H2,(H,23,24,26). The van der Waals surface area contributed by atoms with Crippen LogP contribution < -0.4 is 10.2 Å². The van der Waals surface area contributed by atoms with Crippen molar-refractivity contribution in [3.63, 3.8) is 0 Å². The molecule has 0 unspecified atom stereocenters. The van der Waals surface area contributed by atoms with Crippen LogP contribution in [-0.2, 0) is 4.79 Å². The van der Waals surface area contributed by atoms with E-state index < -0.39 is 0 Å². The van der Waals surface area contributed by atoms with E-state index in [2.05, 4.69) is 10.3 Å². The van der Waals surface area contributed by atoms with Crippen LogP contribution in [0.1, 0.15) is 12.8 Å². The van der Waals surface area contributed by atoms with Gasteiger partial charge in [0.1, 0.15) is 5.82 Å². The van der Waals surface area contributed by atoms with E-state index in [9.17, 15) is 9.18 Å². The first kappa shape index (κ1) is 17.7. The predicted molar refractivity (Wildman–Crippen MR) is 108 cm³/mol. The third-order valence-corrected chi connectivity index (χ3v) is 5.62. The number of nitrogens with zero attached hydrogens (tertiary/aromatic N) is 2.